The fraction of sp³-hybridized carbons (Fsp3) is 0.667. The second kappa shape index (κ2) is 20.3. The number of carbonyl (C=O) groups is 4. The number of aromatic nitrogens is 4. The van der Waals surface area contributed by atoms with Crippen molar-refractivity contribution in [3.05, 3.63) is 12.7 Å². The molecule has 0 saturated carbocycles. The normalized spacial score (nSPS) is 21.6. The molecule has 3 heterocycles. The van der Waals surface area contributed by atoms with Crippen LogP contribution in [0.3, 0.4) is 0 Å². The van der Waals surface area contributed by atoms with Crippen molar-refractivity contribution in [1.82, 2.24) is 30.2 Å². The quantitative estimate of drug-likeness (QED) is 0.0383. The van der Waals surface area contributed by atoms with E-state index in [0.29, 0.717) is 6.42 Å². The van der Waals surface area contributed by atoms with Crippen LogP contribution in [0.5, 0.6) is 0 Å². The SMILES string of the molecule is CCCCC(=O)C(=O)SCCNC(=O)CCNC(=O)[C@H](O)C(C)(C)COP(=O)(O)OP(=O)(O)OC[C@H]1O[C@@H](n2cnc3c(N)ncnc32)[C@H](O)[C@@H]1OP(=O)(O)O. The van der Waals surface area contributed by atoms with Crippen molar-refractivity contribution < 1.29 is 85.3 Å². The lowest BCUT2D eigenvalue weighted by molar-refractivity contribution is -0.137. The minimum Gasteiger partial charge on any atom is -0.386 e. The number of amides is 2. The number of ether oxygens (including phenoxy) is 1. The van der Waals surface area contributed by atoms with E-state index in [9.17, 15) is 62.7 Å². The zero-order valence-corrected chi connectivity index (χ0v) is 33.6. The van der Waals surface area contributed by atoms with Crippen LogP contribution in [0.25, 0.3) is 11.2 Å². The Morgan fingerprint density at radius 1 is 1.04 bits per heavy atom. The second-order valence-corrected chi connectivity index (χ2v) is 18.0. The van der Waals surface area contributed by atoms with Crippen molar-refractivity contribution in [2.45, 2.75) is 77.1 Å². The summed E-state index contributed by atoms with van der Waals surface area (Å²) in [6.45, 7) is 2.14. The Morgan fingerprint density at radius 3 is 2.38 bits per heavy atom. The minimum atomic E-state index is -5.58. The fourth-order valence-corrected chi connectivity index (χ4v) is 8.28. The van der Waals surface area contributed by atoms with Gasteiger partial charge in [0.15, 0.2) is 17.7 Å². The van der Waals surface area contributed by atoms with Crippen molar-refractivity contribution in [2.24, 2.45) is 5.41 Å². The summed E-state index contributed by atoms with van der Waals surface area (Å²) in [6.07, 6.45) is -5.51. The molecule has 1 aliphatic heterocycles. The highest BCUT2D eigenvalue weighted by atomic mass is 32.2. The molecule has 0 spiro atoms. The fourth-order valence-electron chi connectivity index (χ4n) is 4.79. The lowest BCUT2D eigenvalue weighted by Crippen LogP contribution is -2.46. The Kier molecular flexibility index (Phi) is 17.2. The van der Waals surface area contributed by atoms with E-state index < -0.39 is 95.5 Å². The molecule has 1 saturated heterocycles. The zero-order valence-electron chi connectivity index (χ0n) is 30.1. The molecule has 0 radical (unpaired) electrons. The van der Waals surface area contributed by atoms with E-state index in [0.717, 1.165) is 35.4 Å². The number of fused-ring (bicyclic) bond motifs is 1. The molecule has 10 N–H and O–H groups in total. The summed E-state index contributed by atoms with van der Waals surface area (Å²) >= 11 is 0.779. The number of imidazole rings is 1. The van der Waals surface area contributed by atoms with Gasteiger partial charge in [0, 0.05) is 37.1 Å². The molecule has 316 valence electrons. The van der Waals surface area contributed by atoms with Gasteiger partial charge in [-0.15, -0.1) is 0 Å². The van der Waals surface area contributed by atoms with E-state index in [1.54, 1.807) is 0 Å². The first-order valence-corrected chi connectivity index (χ1v) is 22.1. The van der Waals surface area contributed by atoms with Gasteiger partial charge in [0.05, 0.1) is 19.5 Å². The monoisotopic (exact) mass is 879 g/mol. The molecule has 0 aromatic carbocycles. The third kappa shape index (κ3) is 14.3. The maximum Gasteiger partial charge on any atom is 0.481 e. The predicted octanol–water partition coefficient (Wildman–Crippen LogP) is -0.576. The summed E-state index contributed by atoms with van der Waals surface area (Å²) in [7, 11) is -16.4. The number of phosphoric ester groups is 3. The molecule has 56 heavy (non-hydrogen) atoms. The lowest BCUT2D eigenvalue weighted by Gasteiger charge is -2.30. The summed E-state index contributed by atoms with van der Waals surface area (Å²) in [5.41, 5.74) is 4.22. The van der Waals surface area contributed by atoms with Gasteiger partial charge < -0.3 is 50.9 Å². The van der Waals surface area contributed by atoms with Crippen molar-refractivity contribution >= 4 is 74.9 Å². The number of nitrogens with zero attached hydrogens (tertiary/aromatic N) is 4. The van der Waals surface area contributed by atoms with E-state index in [-0.39, 0.29) is 48.7 Å². The number of Topliss-reactive ketones (excluding diaryl/α,β-unsaturated/α-hetero) is 1. The topological polar surface area (TPSA) is 381 Å². The number of hydrogen-bond acceptors (Lipinski definition) is 19. The number of nitrogen functional groups attached to an aromatic ring is 1. The Balaban J connectivity index is 1.48. The second-order valence-electron chi connectivity index (χ2n) is 12.7. The van der Waals surface area contributed by atoms with Gasteiger partial charge >= 0.3 is 23.5 Å². The van der Waals surface area contributed by atoms with Gasteiger partial charge in [0.2, 0.25) is 17.6 Å². The maximum absolute atomic E-state index is 12.7. The minimum absolute atomic E-state index is 0.0239. The van der Waals surface area contributed by atoms with E-state index in [2.05, 4.69) is 34.4 Å². The summed E-state index contributed by atoms with van der Waals surface area (Å²) in [5, 5.41) is 25.6. The van der Waals surface area contributed by atoms with Gasteiger partial charge in [-0.05, 0) is 6.42 Å². The molecule has 2 unspecified atom stereocenters. The number of nitrogens with one attached hydrogen (secondary N) is 2. The lowest BCUT2D eigenvalue weighted by atomic mass is 9.87. The van der Waals surface area contributed by atoms with E-state index in [4.69, 9.17) is 19.5 Å². The predicted molar refractivity (Wildman–Crippen MR) is 192 cm³/mol. The van der Waals surface area contributed by atoms with E-state index >= 15 is 0 Å². The maximum atomic E-state index is 12.7. The van der Waals surface area contributed by atoms with Crippen LogP contribution < -0.4 is 16.4 Å². The number of phosphoric acid groups is 3. The third-order valence-electron chi connectivity index (χ3n) is 7.72. The Labute approximate surface area is 322 Å². The first-order valence-electron chi connectivity index (χ1n) is 16.6. The van der Waals surface area contributed by atoms with Crippen LogP contribution in [0.2, 0.25) is 0 Å². The number of unbranched alkanes of at least 4 members (excludes halogenated alkanes) is 1. The van der Waals surface area contributed by atoms with Crippen molar-refractivity contribution in [2.75, 3.05) is 37.8 Å². The van der Waals surface area contributed by atoms with Crippen molar-refractivity contribution in [3.8, 4) is 0 Å². The molecule has 0 aliphatic carbocycles. The zero-order chi connectivity index (χ0) is 42.1. The van der Waals surface area contributed by atoms with Crippen molar-refractivity contribution in [3.63, 3.8) is 0 Å². The number of hydrogen-bond donors (Lipinski definition) is 9. The van der Waals surface area contributed by atoms with Crippen LogP contribution in [0, 0.1) is 5.41 Å². The molecular formula is C27H44N7O18P3S. The van der Waals surface area contributed by atoms with Crippen molar-refractivity contribution in [1.29, 1.82) is 0 Å². The molecular weight excluding hydrogens is 835 g/mol. The number of nitrogens with two attached hydrogens (primary N) is 1. The number of ketones is 1. The number of anilines is 1. The molecule has 2 aromatic heterocycles. The summed E-state index contributed by atoms with van der Waals surface area (Å²) in [4.78, 5) is 98.9. The molecule has 25 nitrogen and oxygen atoms in total. The van der Waals surface area contributed by atoms with Gasteiger partial charge in [-0.3, -0.25) is 37.3 Å². The molecule has 3 rings (SSSR count). The Hall–Kier alpha value is -2.77. The molecule has 0 bridgehead atoms. The van der Waals surface area contributed by atoms with Crippen LogP contribution in [0.4, 0.5) is 5.82 Å². The molecule has 1 aliphatic rings. The summed E-state index contributed by atoms with van der Waals surface area (Å²) in [5.74, 6) is -1.89. The summed E-state index contributed by atoms with van der Waals surface area (Å²) in [6, 6.07) is 0. The first kappa shape index (κ1) is 47.6. The van der Waals surface area contributed by atoms with E-state index in [1.807, 2.05) is 6.92 Å². The highest BCUT2D eigenvalue weighted by Gasteiger charge is 2.50. The molecule has 2 amide bonds. The number of carbonyl (C=O) groups excluding carboxylic acids is 4. The van der Waals surface area contributed by atoms with Crippen LogP contribution in [-0.4, -0.2) is 128 Å². The Bertz CT molecular complexity index is 1860. The van der Waals surface area contributed by atoms with Gasteiger partial charge in [0.1, 0.15) is 36.3 Å². The largest absolute Gasteiger partial charge is 0.481 e. The number of aliphatic hydroxyl groups excluding tert-OH is 2. The molecule has 2 aromatic rings. The molecule has 29 heteroatoms. The van der Waals surface area contributed by atoms with E-state index in [1.165, 1.54) is 13.8 Å². The smallest absolute Gasteiger partial charge is 0.386 e. The van der Waals surface area contributed by atoms with Gasteiger partial charge in [-0.25, -0.2) is 28.6 Å². The number of thioether (sulfide) groups is 1. The Morgan fingerprint density at radius 2 is 1.71 bits per heavy atom. The van der Waals surface area contributed by atoms with Crippen LogP contribution in [0.1, 0.15) is 52.7 Å². The van der Waals surface area contributed by atoms with Gasteiger partial charge in [-0.2, -0.15) is 4.31 Å². The molecule has 7 atom stereocenters. The average molecular weight is 880 g/mol. The molecule has 1 fully saturated rings. The van der Waals surface area contributed by atoms with Gasteiger partial charge in [0.25, 0.3) is 5.12 Å². The summed E-state index contributed by atoms with van der Waals surface area (Å²) < 4.78 is 62.0. The van der Waals surface area contributed by atoms with Gasteiger partial charge in [-0.1, -0.05) is 39.0 Å². The number of aliphatic hydroxyl groups is 2. The highest BCUT2D eigenvalue weighted by Crippen LogP contribution is 2.61. The first-order chi connectivity index (χ1) is 26.0. The number of rotatable bonds is 23. The van der Waals surface area contributed by atoms with Crippen LogP contribution in [0.15, 0.2) is 12.7 Å². The standard InChI is InChI=1S/C27H44N7O18P3S/c1-4-5-6-15(35)26(40)56-10-9-29-17(36)7-8-30-24(39)21(38)27(2,3)12-49-55(46,47)52-54(44,45)48-11-16-20(51-53(41,42)43)19(37)25(50-16)34-14-33-18-22(28)31-13-32-23(18)34/h13-14,16,19-21,25,37-38H,4-12H2,1-3H3,(H,29,36)(H,30,39)(H,44,45)(H,46,47)(H2,28,31,32)(H2,41,42,43)/t16-,19-,20-,21+,25-/m1/s1. The average Bonchev–Trinajstić information content (AvgIpc) is 3.66. The van der Waals surface area contributed by atoms with Crippen LogP contribution >= 0.6 is 35.2 Å². The van der Waals surface area contributed by atoms with Crippen LogP contribution in [-0.2, 0) is 55.5 Å². The highest BCUT2D eigenvalue weighted by molar-refractivity contribution is 8.15. The third-order valence-corrected chi connectivity index (χ3v) is 11.7.